The molecule has 1 heterocycles. The van der Waals surface area contributed by atoms with E-state index in [0.29, 0.717) is 17.4 Å². The molecule has 1 aromatic heterocycles. The summed E-state index contributed by atoms with van der Waals surface area (Å²) >= 11 is 5.90. The zero-order valence-corrected chi connectivity index (χ0v) is 12.8. The van der Waals surface area contributed by atoms with E-state index in [9.17, 15) is 4.79 Å². The fraction of sp³-hybridized carbons (Fsp3) is 0.357. The second kappa shape index (κ2) is 7.19. The summed E-state index contributed by atoms with van der Waals surface area (Å²) in [4.78, 5) is 20.4. The van der Waals surface area contributed by atoms with Gasteiger partial charge in [-0.05, 0) is 37.6 Å². The summed E-state index contributed by atoms with van der Waals surface area (Å²) in [6.07, 6.45) is 0.961. The molecule has 6 nitrogen and oxygen atoms in total. The van der Waals surface area contributed by atoms with Gasteiger partial charge in [-0.2, -0.15) is 9.97 Å². The molecule has 0 aliphatic rings. The molecule has 112 valence electrons. The van der Waals surface area contributed by atoms with Gasteiger partial charge in [-0.15, -0.1) is 0 Å². The number of nitrogens with one attached hydrogen (secondary N) is 2. The Hall–Kier alpha value is -1.92. The Morgan fingerprint density at radius 2 is 1.90 bits per heavy atom. The van der Waals surface area contributed by atoms with Crippen LogP contribution in [-0.4, -0.2) is 21.1 Å². The lowest BCUT2D eigenvalue weighted by Gasteiger charge is -2.12. The lowest BCUT2D eigenvalue weighted by Crippen LogP contribution is -2.30. The average molecular weight is 308 g/mol. The molecule has 7 heteroatoms. The third kappa shape index (κ3) is 3.80. The van der Waals surface area contributed by atoms with E-state index < -0.39 is 0 Å². The predicted octanol–water partition coefficient (Wildman–Crippen LogP) is 2.31. The number of nitrogens with zero attached hydrogens (tertiary/aromatic N) is 3. The van der Waals surface area contributed by atoms with Crippen LogP contribution in [0.4, 0.5) is 5.95 Å². The van der Waals surface area contributed by atoms with Gasteiger partial charge in [0.1, 0.15) is 5.82 Å². The SMILES string of the molecule is CCCNNc1nc(-c2ccc(Cl)cc2)n(CC)c(=O)n1. The van der Waals surface area contributed by atoms with Gasteiger partial charge in [-0.1, -0.05) is 18.5 Å². The first-order valence-corrected chi connectivity index (χ1v) is 7.27. The minimum atomic E-state index is -0.335. The molecule has 0 unspecified atom stereocenters. The van der Waals surface area contributed by atoms with Crippen molar-refractivity contribution in [2.45, 2.75) is 26.8 Å². The average Bonchev–Trinajstić information content (AvgIpc) is 2.48. The summed E-state index contributed by atoms with van der Waals surface area (Å²) in [5.41, 5.74) is 6.29. The van der Waals surface area contributed by atoms with Crippen molar-refractivity contribution in [2.24, 2.45) is 0 Å². The maximum atomic E-state index is 12.1. The van der Waals surface area contributed by atoms with Crippen LogP contribution in [-0.2, 0) is 6.54 Å². The first-order valence-electron chi connectivity index (χ1n) is 6.89. The minimum Gasteiger partial charge on any atom is -0.289 e. The number of hydrogen-bond acceptors (Lipinski definition) is 5. The molecule has 0 aliphatic heterocycles. The van der Waals surface area contributed by atoms with Crippen molar-refractivity contribution in [1.82, 2.24) is 20.0 Å². The minimum absolute atomic E-state index is 0.267. The van der Waals surface area contributed by atoms with Gasteiger partial charge in [0.05, 0.1) is 0 Å². The van der Waals surface area contributed by atoms with Gasteiger partial charge in [0.25, 0.3) is 0 Å². The van der Waals surface area contributed by atoms with Crippen molar-refractivity contribution in [3.63, 3.8) is 0 Å². The van der Waals surface area contributed by atoms with Gasteiger partial charge in [-0.3, -0.25) is 9.99 Å². The number of anilines is 1. The molecule has 0 atom stereocenters. The standard InChI is InChI=1S/C14H18ClN5O/c1-3-9-16-19-13-17-12(20(4-2)14(21)18-13)10-5-7-11(15)8-6-10/h5-8,16H,3-4,9H2,1-2H3,(H,18,19,21). The highest BCUT2D eigenvalue weighted by molar-refractivity contribution is 6.30. The van der Waals surface area contributed by atoms with Crippen molar-refractivity contribution in [3.8, 4) is 11.4 Å². The molecule has 2 N–H and O–H groups in total. The molecule has 2 rings (SSSR count). The Morgan fingerprint density at radius 3 is 2.52 bits per heavy atom. The highest BCUT2D eigenvalue weighted by Crippen LogP contribution is 2.19. The van der Waals surface area contributed by atoms with Crippen molar-refractivity contribution < 1.29 is 0 Å². The molecule has 0 aliphatic carbocycles. The van der Waals surface area contributed by atoms with Gasteiger partial charge >= 0.3 is 5.69 Å². The van der Waals surface area contributed by atoms with Gasteiger partial charge in [0.15, 0.2) is 0 Å². The molecule has 0 radical (unpaired) electrons. The van der Waals surface area contributed by atoms with E-state index in [4.69, 9.17) is 11.6 Å². The van der Waals surface area contributed by atoms with E-state index in [1.807, 2.05) is 26.0 Å². The highest BCUT2D eigenvalue weighted by Gasteiger charge is 2.10. The Balaban J connectivity index is 2.41. The third-order valence-electron chi connectivity index (χ3n) is 2.89. The quantitative estimate of drug-likeness (QED) is 0.633. The Morgan fingerprint density at radius 1 is 1.19 bits per heavy atom. The monoisotopic (exact) mass is 307 g/mol. The van der Waals surface area contributed by atoms with E-state index in [1.54, 1.807) is 12.1 Å². The van der Waals surface area contributed by atoms with Crippen molar-refractivity contribution in [2.75, 3.05) is 12.0 Å². The molecule has 21 heavy (non-hydrogen) atoms. The number of aromatic nitrogens is 3. The fourth-order valence-electron chi connectivity index (χ4n) is 1.85. The summed E-state index contributed by atoms with van der Waals surface area (Å²) < 4.78 is 1.52. The second-order valence-electron chi connectivity index (χ2n) is 4.46. The summed E-state index contributed by atoms with van der Waals surface area (Å²) in [7, 11) is 0. The van der Waals surface area contributed by atoms with Gasteiger partial charge in [-0.25, -0.2) is 10.2 Å². The van der Waals surface area contributed by atoms with E-state index in [1.165, 1.54) is 4.57 Å². The van der Waals surface area contributed by atoms with E-state index in [2.05, 4.69) is 20.8 Å². The van der Waals surface area contributed by atoms with Crippen LogP contribution in [0.3, 0.4) is 0 Å². The van der Waals surface area contributed by atoms with Crippen LogP contribution in [0.1, 0.15) is 20.3 Å². The second-order valence-corrected chi connectivity index (χ2v) is 4.89. The molecular formula is C14H18ClN5O. The predicted molar refractivity (Wildman–Crippen MR) is 84.3 cm³/mol. The number of rotatable bonds is 6. The zero-order chi connectivity index (χ0) is 15.2. The maximum Gasteiger partial charge on any atom is 0.352 e. The first kappa shape index (κ1) is 15.5. The first-order chi connectivity index (χ1) is 10.2. The molecule has 2 aromatic rings. The van der Waals surface area contributed by atoms with Crippen LogP contribution >= 0.6 is 11.6 Å². The third-order valence-corrected chi connectivity index (χ3v) is 3.15. The van der Waals surface area contributed by atoms with E-state index >= 15 is 0 Å². The van der Waals surface area contributed by atoms with Crippen LogP contribution in [0.15, 0.2) is 29.1 Å². The number of halogens is 1. The van der Waals surface area contributed by atoms with Crippen LogP contribution in [0.2, 0.25) is 5.02 Å². The lowest BCUT2D eigenvalue weighted by molar-refractivity contribution is 0.677. The van der Waals surface area contributed by atoms with Crippen LogP contribution < -0.4 is 16.5 Å². The molecule has 0 fully saturated rings. The highest BCUT2D eigenvalue weighted by atomic mass is 35.5. The summed E-state index contributed by atoms with van der Waals surface area (Å²) in [5.74, 6) is 0.832. The largest absolute Gasteiger partial charge is 0.352 e. The Bertz CT molecular complexity index is 653. The van der Waals surface area contributed by atoms with Crippen LogP contribution in [0.5, 0.6) is 0 Å². The topological polar surface area (TPSA) is 71.8 Å². The Labute approximate surface area is 128 Å². The summed E-state index contributed by atoms with van der Waals surface area (Å²) in [5, 5.41) is 0.640. The molecular weight excluding hydrogens is 290 g/mol. The number of hydrazine groups is 1. The normalized spacial score (nSPS) is 10.6. The fourth-order valence-corrected chi connectivity index (χ4v) is 1.98. The molecule has 1 aromatic carbocycles. The Kier molecular flexibility index (Phi) is 5.30. The molecule has 0 bridgehead atoms. The van der Waals surface area contributed by atoms with Crippen molar-refractivity contribution >= 4 is 17.5 Å². The van der Waals surface area contributed by atoms with Gasteiger partial charge in [0, 0.05) is 23.7 Å². The number of benzene rings is 1. The van der Waals surface area contributed by atoms with Crippen LogP contribution in [0, 0.1) is 0 Å². The van der Waals surface area contributed by atoms with Crippen molar-refractivity contribution in [3.05, 3.63) is 39.8 Å². The van der Waals surface area contributed by atoms with E-state index in [-0.39, 0.29) is 11.6 Å². The van der Waals surface area contributed by atoms with Crippen molar-refractivity contribution in [1.29, 1.82) is 0 Å². The zero-order valence-electron chi connectivity index (χ0n) is 12.1. The smallest absolute Gasteiger partial charge is 0.289 e. The summed E-state index contributed by atoms with van der Waals surface area (Å²) in [6.45, 7) is 5.19. The van der Waals surface area contributed by atoms with Gasteiger partial charge in [0.2, 0.25) is 5.95 Å². The molecule has 0 saturated carbocycles. The van der Waals surface area contributed by atoms with Gasteiger partial charge < -0.3 is 0 Å². The summed E-state index contributed by atoms with van der Waals surface area (Å²) in [6, 6.07) is 7.21. The van der Waals surface area contributed by atoms with Crippen LogP contribution in [0.25, 0.3) is 11.4 Å². The molecule has 0 spiro atoms. The maximum absolute atomic E-state index is 12.1. The lowest BCUT2D eigenvalue weighted by atomic mass is 10.2. The molecule has 0 saturated heterocycles. The molecule has 0 amide bonds. The van der Waals surface area contributed by atoms with E-state index in [0.717, 1.165) is 18.5 Å². The number of hydrogen-bond donors (Lipinski definition) is 2.